The Labute approximate surface area is 179 Å². The predicted octanol–water partition coefficient (Wildman–Crippen LogP) is 5.29. The van der Waals surface area contributed by atoms with Gasteiger partial charge in [0.2, 0.25) is 0 Å². The molecule has 30 heavy (non-hydrogen) atoms. The summed E-state index contributed by atoms with van der Waals surface area (Å²) >= 11 is 1.46. The highest BCUT2D eigenvalue weighted by Crippen LogP contribution is 2.21. The first kappa shape index (κ1) is 20.6. The van der Waals surface area contributed by atoms with Crippen LogP contribution < -0.4 is 4.74 Å². The lowest BCUT2D eigenvalue weighted by atomic mass is 10.1. The summed E-state index contributed by atoms with van der Waals surface area (Å²) in [6.07, 6.45) is 2.13. The number of halogens is 1. The Morgan fingerprint density at radius 1 is 1.13 bits per heavy atom. The molecule has 1 atom stereocenters. The summed E-state index contributed by atoms with van der Waals surface area (Å²) in [4.78, 5) is 15.6. The van der Waals surface area contributed by atoms with Crippen molar-refractivity contribution in [3.05, 3.63) is 87.9 Å². The lowest BCUT2D eigenvalue weighted by Crippen LogP contribution is -2.36. The van der Waals surface area contributed by atoms with E-state index >= 15 is 0 Å². The molecule has 1 amide bonds. The van der Waals surface area contributed by atoms with E-state index in [0.717, 1.165) is 35.5 Å². The van der Waals surface area contributed by atoms with Crippen LogP contribution in [-0.4, -0.2) is 30.1 Å². The third-order valence-electron chi connectivity index (χ3n) is 5.06. The second-order valence-electron chi connectivity index (χ2n) is 7.36. The van der Waals surface area contributed by atoms with Crippen molar-refractivity contribution in [1.29, 1.82) is 0 Å². The Morgan fingerprint density at radius 3 is 2.70 bits per heavy atom. The van der Waals surface area contributed by atoms with Gasteiger partial charge in [-0.15, -0.1) is 11.3 Å². The van der Waals surface area contributed by atoms with Crippen LogP contribution in [0.15, 0.2) is 66.0 Å². The Hall–Kier alpha value is -2.70. The zero-order valence-electron chi connectivity index (χ0n) is 16.6. The van der Waals surface area contributed by atoms with Gasteiger partial charge in [-0.2, -0.15) is 0 Å². The smallest absolute Gasteiger partial charge is 0.264 e. The van der Waals surface area contributed by atoms with E-state index in [-0.39, 0.29) is 17.8 Å². The minimum absolute atomic E-state index is 0.0342. The van der Waals surface area contributed by atoms with E-state index in [0.29, 0.717) is 25.4 Å². The third-order valence-corrected chi connectivity index (χ3v) is 5.92. The second kappa shape index (κ2) is 9.87. The summed E-state index contributed by atoms with van der Waals surface area (Å²) in [5.41, 5.74) is 1.80. The molecule has 4 nitrogen and oxygen atoms in total. The van der Waals surface area contributed by atoms with Gasteiger partial charge < -0.3 is 14.4 Å². The standard InChI is InChI=1S/C24H24FNO3S/c25-20-5-1-4-19(14-20)17-29-21-10-8-18(9-11-21)15-26(16-22-6-2-12-28-22)24(27)23-7-3-13-30-23/h1,3-5,7-11,13-14,22H,2,6,12,15-17H2. The molecular weight excluding hydrogens is 401 g/mol. The Kier molecular flexibility index (Phi) is 6.77. The Morgan fingerprint density at radius 2 is 2.00 bits per heavy atom. The van der Waals surface area contributed by atoms with Gasteiger partial charge in [-0.1, -0.05) is 30.3 Å². The summed E-state index contributed by atoms with van der Waals surface area (Å²) < 4.78 is 24.8. The van der Waals surface area contributed by atoms with Gasteiger partial charge in [0.25, 0.3) is 5.91 Å². The summed E-state index contributed by atoms with van der Waals surface area (Å²) in [5, 5.41) is 1.92. The molecule has 2 aromatic carbocycles. The number of thiophene rings is 1. The molecule has 1 aromatic heterocycles. The third kappa shape index (κ3) is 5.46. The normalized spacial score (nSPS) is 15.8. The average molecular weight is 426 g/mol. The molecular formula is C24H24FNO3S. The van der Waals surface area contributed by atoms with Crippen molar-refractivity contribution in [3.8, 4) is 5.75 Å². The largest absolute Gasteiger partial charge is 0.489 e. The van der Waals surface area contributed by atoms with Gasteiger partial charge >= 0.3 is 0 Å². The van der Waals surface area contributed by atoms with Crippen molar-refractivity contribution in [1.82, 2.24) is 4.90 Å². The van der Waals surface area contributed by atoms with Gasteiger partial charge in [-0.25, -0.2) is 4.39 Å². The maximum atomic E-state index is 13.3. The van der Waals surface area contributed by atoms with Crippen LogP contribution in [-0.2, 0) is 17.9 Å². The van der Waals surface area contributed by atoms with Gasteiger partial charge in [0.15, 0.2) is 0 Å². The van der Waals surface area contributed by atoms with Crippen molar-refractivity contribution >= 4 is 17.2 Å². The van der Waals surface area contributed by atoms with Crippen molar-refractivity contribution < 1.29 is 18.7 Å². The van der Waals surface area contributed by atoms with E-state index in [9.17, 15) is 9.18 Å². The molecule has 156 valence electrons. The lowest BCUT2D eigenvalue weighted by molar-refractivity contribution is 0.0511. The molecule has 1 fully saturated rings. The summed E-state index contributed by atoms with van der Waals surface area (Å²) in [6.45, 7) is 2.18. The van der Waals surface area contributed by atoms with E-state index < -0.39 is 0 Å². The molecule has 2 heterocycles. The Balaban J connectivity index is 1.40. The van der Waals surface area contributed by atoms with Crippen molar-refractivity contribution in [2.45, 2.75) is 32.1 Å². The highest BCUT2D eigenvalue weighted by atomic mass is 32.1. The number of carbonyl (C=O) groups is 1. The van der Waals surface area contributed by atoms with E-state index in [1.165, 1.54) is 23.5 Å². The summed E-state index contributed by atoms with van der Waals surface area (Å²) in [7, 11) is 0. The molecule has 1 aliphatic rings. The van der Waals surface area contributed by atoms with Crippen LogP contribution in [0.2, 0.25) is 0 Å². The van der Waals surface area contributed by atoms with Crippen molar-refractivity contribution in [2.24, 2.45) is 0 Å². The number of hydrogen-bond acceptors (Lipinski definition) is 4. The summed E-state index contributed by atoms with van der Waals surface area (Å²) in [6, 6.07) is 17.8. The van der Waals surface area contributed by atoms with Gasteiger partial charge in [-0.3, -0.25) is 4.79 Å². The molecule has 0 spiro atoms. The maximum Gasteiger partial charge on any atom is 0.264 e. The fourth-order valence-electron chi connectivity index (χ4n) is 3.51. The minimum atomic E-state index is -0.270. The zero-order valence-corrected chi connectivity index (χ0v) is 17.4. The van der Waals surface area contributed by atoms with Gasteiger partial charge in [-0.05, 0) is 59.7 Å². The van der Waals surface area contributed by atoms with E-state index in [4.69, 9.17) is 9.47 Å². The number of carbonyl (C=O) groups excluding carboxylic acids is 1. The fraction of sp³-hybridized carbons (Fsp3) is 0.292. The number of benzene rings is 2. The fourth-order valence-corrected chi connectivity index (χ4v) is 4.21. The molecule has 0 bridgehead atoms. The predicted molar refractivity (Wildman–Crippen MR) is 115 cm³/mol. The second-order valence-corrected chi connectivity index (χ2v) is 8.31. The molecule has 3 aromatic rings. The van der Waals surface area contributed by atoms with Crippen molar-refractivity contribution in [3.63, 3.8) is 0 Å². The number of nitrogens with zero attached hydrogens (tertiary/aromatic N) is 1. The van der Waals surface area contributed by atoms with Gasteiger partial charge in [0, 0.05) is 19.7 Å². The molecule has 0 radical (unpaired) electrons. The lowest BCUT2D eigenvalue weighted by Gasteiger charge is -2.25. The zero-order chi connectivity index (χ0) is 20.8. The highest BCUT2D eigenvalue weighted by molar-refractivity contribution is 7.12. The number of rotatable bonds is 8. The number of amides is 1. The quantitative estimate of drug-likeness (QED) is 0.492. The topological polar surface area (TPSA) is 38.8 Å². The van der Waals surface area contributed by atoms with Gasteiger partial charge in [0.1, 0.15) is 18.2 Å². The molecule has 0 N–H and O–H groups in total. The van der Waals surface area contributed by atoms with Crippen LogP contribution in [0.3, 0.4) is 0 Å². The number of hydrogen-bond donors (Lipinski definition) is 0. The van der Waals surface area contributed by atoms with Crippen LogP contribution in [0.25, 0.3) is 0 Å². The maximum absolute atomic E-state index is 13.3. The van der Waals surface area contributed by atoms with E-state index in [1.807, 2.05) is 52.7 Å². The first-order valence-electron chi connectivity index (χ1n) is 10.1. The van der Waals surface area contributed by atoms with Crippen LogP contribution in [0.1, 0.15) is 33.6 Å². The van der Waals surface area contributed by atoms with E-state index in [2.05, 4.69) is 0 Å². The number of ether oxygens (including phenoxy) is 2. The molecule has 0 saturated carbocycles. The van der Waals surface area contributed by atoms with E-state index in [1.54, 1.807) is 6.07 Å². The SMILES string of the molecule is O=C(c1cccs1)N(Cc1ccc(OCc2cccc(F)c2)cc1)CC1CCCO1. The van der Waals surface area contributed by atoms with Crippen molar-refractivity contribution in [2.75, 3.05) is 13.2 Å². The van der Waals surface area contributed by atoms with Crippen LogP contribution in [0.5, 0.6) is 5.75 Å². The molecule has 1 aliphatic heterocycles. The van der Waals surface area contributed by atoms with Crippen LogP contribution in [0.4, 0.5) is 4.39 Å². The first-order valence-corrected chi connectivity index (χ1v) is 11.0. The Bertz CT molecular complexity index is 953. The average Bonchev–Trinajstić information content (AvgIpc) is 3.47. The first-order chi connectivity index (χ1) is 14.7. The molecule has 4 rings (SSSR count). The van der Waals surface area contributed by atoms with Gasteiger partial charge in [0.05, 0.1) is 11.0 Å². The monoisotopic (exact) mass is 425 g/mol. The van der Waals surface area contributed by atoms with Crippen LogP contribution in [0, 0.1) is 5.82 Å². The molecule has 1 unspecified atom stereocenters. The highest BCUT2D eigenvalue weighted by Gasteiger charge is 2.24. The minimum Gasteiger partial charge on any atom is -0.489 e. The molecule has 0 aliphatic carbocycles. The summed E-state index contributed by atoms with van der Waals surface area (Å²) in [5.74, 6) is 0.471. The van der Waals surface area contributed by atoms with Crippen LogP contribution >= 0.6 is 11.3 Å². The molecule has 6 heteroatoms. The molecule has 1 saturated heterocycles.